The van der Waals surface area contributed by atoms with Gasteiger partial charge >= 0.3 is 25.1 Å². The van der Waals surface area contributed by atoms with Gasteiger partial charge in [0.05, 0.1) is 5.06 Å². The van der Waals surface area contributed by atoms with Gasteiger partial charge in [-0.25, -0.2) is 0 Å². The molecule has 0 N–H and O–H groups in total. The fourth-order valence-corrected chi connectivity index (χ4v) is 0.443. The van der Waals surface area contributed by atoms with E-state index >= 15 is 0 Å². The van der Waals surface area contributed by atoms with Gasteiger partial charge in [0.1, 0.15) is 0 Å². The fraction of sp³-hybridized carbons (Fsp3) is 0.750. The number of hydrogen-bond acceptors (Lipinski definition) is 3. The zero-order chi connectivity index (χ0) is 14.1. The quantitative estimate of drug-likeness (QED) is 0.243. The van der Waals surface area contributed by atoms with Gasteiger partial charge in [-0.15, -0.1) is 22.6 Å². The molecule has 0 spiro atoms. The van der Waals surface area contributed by atoms with Crippen LogP contribution >= 0.6 is 0 Å². The number of halogens is 10. The van der Waals surface area contributed by atoms with Crippen molar-refractivity contribution >= 4 is 6.15 Å². The maximum Gasteiger partial charge on any atom is 0.508 e. The minimum absolute atomic E-state index is 0.862. The zero-order valence-electron chi connectivity index (χ0n) is 7.08. The van der Waals surface area contributed by atoms with Gasteiger partial charge in [-0.3, -0.25) is 0 Å². The van der Waals surface area contributed by atoms with Crippen molar-refractivity contribution in [3.63, 3.8) is 0 Å². The van der Waals surface area contributed by atoms with Crippen molar-refractivity contribution < 1.29 is 48.7 Å². The third kappa shape index (κ3) is 6.13. The monoisotopic (exact) mass is 282 g/mol. The standard InChI is InChI=1S/C4F10N2O/c5-1(15-2(6,7)8)17-16(3(9,10)11)4(12,13)14. The highest BCUT2D eigenvalue weighted by atomic mass is 19.4. The lowest BCUT2D eigenvalue weighted by Crippen LogP contribution is -2.48. The summed E-state index contributed by atoms with van der Waals surface area (Å²) in [4.78, 5) is 3.16. The second-order valence-electron chi connectivity index (χ2n) is 2.15. The van der Waals surface area contributed by atoms with Crippen molar-refractivity contribution in [1.29, 1.82) is 0 Å². The van der Waals surface area contributed by atoms with E-state index in [2.05, 4.69) is 4.84 Å². The Morgan fingerprint density at radius 3 is 1.41 bits per heavy atom. The maximum atomic E-state index is 12.0. The molecule has 0 bridgehead atoms. The number of hydrogen-bond donors (Lipinski definition) is 0. The van der Waals surface area contributed by atoms with E-state index in [4.69, 9.17) is 0 Å². The van der Waals surface area contributed by atoms with Crippen LogP contribution in [0.4, 0.5) is 43.9 Å². The van der Waals surface area contributed by atoms with Crippen LogP contribution in [0.1, 0.15) is 0 Å². The topological polar surface area (TPSA) is 24.8 Å². The highest BCUT2D eigenvalue weighted by Gasteiger charge is 2.58. The third-order valence-electron chi connectivity index (χ3n) is 0.842. The van der Waals surface area contributed by atoms with Crippen molar-refractivity contribution in [2.75, 3.05) is 0 Å². The van der Waals surface area contributed by atoms with Crippen LogP contribution in [0.25, 0.3) is 0 Å². The van der Waals surface area contributed by atoms with Gasteiger partial charge in [0.2, 0.25) is 0 Å². The molecule has 0 amide bonds. The van der Waals surface area contributed by atoms with Crippen LogP contribution in [0.3, 0.4) is 0 Å². The minimum Gasteiger partial charge on any atom is -0.341 e. The molecule has 0 saturated heterocycles. The second kappa shape index (κ2) is 4.54. The summed E-state index contributed by atoms with van der Waals surface area (Å²) in [6.45, 7) is 0. The van der Waals surface area contributed by atoms with Gasteiger partial charge in [0.25, 0.3) is 0 Å². The lowest BCUT2D eigenvalue weighted by atomic mass is 10.9. The first-order valence-electron chi connectivity index (χ1n) is 3.17. The molecular formula is C4F10N2O. The summed E-state index contributed by atoms with van der Waals surface area (Å²) in [6, 6.07) is 0. The Hall–Kier alpha value is -1.27. The van der Waals surface area contributed by atoms with Crippen molar-refractivity contribution in [3.8, 4) is 0 Å². The van der Waals surface area contributed by atoms with Crippen molar-refractivity contribution in [2.24, 2.45) is 4.99 Å². The van der Waals surface area contributed by atoms with E-state index in [1.54, 1.807) is 0 Å². The average molecular weight is 282 g/mol. The molecule has 17 heavy (non-hydrogen) atoms. The molecule has 13 heteroatoms. The van der Waals surface area contributed by atoms with E-state index < -0.39 is 30.1 Å². The summed E-state index contributed by atoms with van der Waals surface area (Å²) in [5.41, 5.74) is 0. The van der Waals surface area contributed by atoms with Crippen LogP contribution in [0.15, 0.2) is 4.99 Å². The number of alkyl halides is 9. The Bertz CT molecular complexity index is 272. The SMILES string of the molecule is FC(=NC(F)(F)F)ON(C(F)(F)F)C(F)(F)F. The molecule has 0 saturated carbocycles. The van der Waals surface area contributed by atoms with E-state index in [-0.39, 0.29) is 0 Å². The lowest BCUT2D eigenvalue weighted by molar-refractivity contribution is -0.463. The first-order chi connectivity index (χ1) is 7.23. The Labute approximate surface area is 85.2 Å². The molecule has 0 fully saturated rings. The Morgan fingerprint density at radius 1 is 0.824 bits per heavy atom. The summed E-state index contributed by atoms with van der Waals surface area (Å²) in [5.74, 6) is 0. The maximum absolute atomic E-state index is 12.0. The van der Waals surface area contributed by atoms with Gasteiger partial charge in [0, 0.05) is 0 Å². The summed E-state index contributed by atoms with van der Waals surface area (Å²) in [6.07, 6.45) is -21.7. The number of hydroxylamine groups is 2. The van der Waals surface area contributed by atoms with E-state index in [0.29, 0.717) is 0 Å². The van der Waals surface area contributed by atoms with Crippen LogP contribution in [0.5, 0.6) is 0 Å². The summed E-state index contributed by atoms with van der Waals surface area (Å²) >= 11 is 0. The average Bonchev–Trinajstić information content (AvgIpc) is 1.91. The highest BCUT2D eigenvalue weighted by molar-refractivity contribution is 5.65. The molecule has 0 aromatic carbocycles. The number of aliphatic imine (C=N–C) groups is 1. The summed E-state index contributed by atoms with van der Waals surface area (Å²) in [7, 11) is 0. The Kier molecular flexibility index (Phi) is 4.20. The Balaban J connectivity index is 4.99. The van der Waals surface area contributed by atoms with E-state index in [0.717, 1.165) is 4.99 Å². The molecule has 0 heterocycles. The molecule has 0 aliphatic heterocycles. The molecule has 0 aromatic heterocycles. The first-order valence-corrected chi connectivity index (χ1v) is 3.17. The molecule has 0 aromatic rings. The molecular weight excluding hydrogens is 282 g/mol. The van der Waals surface area contributed by atoms with Crippen molar-refractivity contribution in [2.45, 2.75) is 18.9 Å². The van der Waals surface area contributed by atoms with Gasteiger partial charge in [-0.2, -0.15) is 26.3 Å². The van der Waals surface area contributed by atoms with Crippen LogP contribution in [-0.2, 0) is 4.84 Å². The van der Waals surface area contributed by atoms with Crippen LogP contribution < -0.4 is 0 Å². The minimum atomic E-state index is -6.29. The smallest absolute Gasteiger partial charge is 0.341 e. The van der Waals surface area contributed by atoms with Gasteiger partial charge in [-0.05, 0) is 0 Å². The molecule has 0 radical (unpaired) electrons. The Morgan fingerprint density at radius 2 is 1.18 bits per heavy atom. The molecule has 0 aliphatic carbocycles. The second-order valence-corrected chi connectivity index (χ2v) is 2.15. The van der Waals surface area contributed by atoms with Crippen molar-refractivity contribution in [1.82, 2.24) is 5.06 Å². The van der Waals surface area contributed by atoms with E-state index in [9.17, 15) is 43.9 Å². The van der Waals surface area contributed by atoms with Crippen LogP contribution in [0.2, 0.25) is 0 Å². The third-order valence-corrected chi connectivity index (χ3v) is 0.842. The molecule has 0 rings (SSSR count). The summed E-state index contributed by atoms with van der Waals surface area (Å²) in [5, 5.41) is -2.87. The molecule has 3 nitrogen and oxygen atoms in total. The summed E-state index contributed by atoms with van der Waals surface area (Å²) < 4.78 is 115. The van der Waals surface area contributed by atoms with Gasteiger partial charge < -0.3 is 4.84 Å². The van der Waals surface area contributed by atoms with Crippen LogP contribution in [0, 0.1) is 0 Å². The lowest BCUT2D eigenvalue weighted by Gasteiger charge is -2.23. The largest absolute Gasteiger partial charge is 0.508 e. The molecule has 0 aliphatic rings. The molecule has 0 unspecified atom stereocenters. The fourth-order valence-electron chi connectivity index (χ4n) is 0.443. The van der Waals surface area contributed by atoms with E-state index in [1.807, 2.05) is 0 Å². The van der Waals surface area contributed by atoms with Crippen molar-refractivity contribution in [3.05, 3.63) is 0 Å². The first kappa shape index (κ1) is 15.7. The predicted molar refractivity (Wildman–Crippen MR) is 29.6 cm³/mol. The van der Waals surface area contributed by atoms with E-state index in [1.165, 1.54) is 0 Å². The molecule has 102 valence electrons. The predicted octanol–water partition coefficient (Wildman–Crippen LogP) is 3.10. The highest BCUT2D eigenvalue weighted by Crippen LogP contribution is 2.34. The number of nitrogens with zero attached hydrogens (tertiary/aromatic N) is 2. The number of rotatable bonds is 1. The zero-order valence-corrected chi connectivity index (χ0v) is 7.08. The normalized spacial score (nSPS) is 15.4. The van der Waals surface area contributed by atoms with Crippen LogP contribution in [-0.4, -0.2) is 30.1 Å². The molecule has 0 atom stereocenters. The van der Waals surface area contributed by atoms with Gasteiger partial charge in [-0.1, -0.05) is 0 Å². The van der Waals surface area contributed by atoms with Gasteiger partial charge in [0.15, 0.2) is 0 Å².